The summed E-state index contributed by atoms with van der Waals surface area (Å²) in [7, 11) is 0. The van der Waals surface area contributed by atoms with E-state index in [0.717, 1.165) is 22.6 Å². The summed E-state index contributed by atoms with van der Waals surface area (Å²) in [6.45, 7) is 0.281. The van der Waals surface area contributed by atoms with Crippen LogP contribution >= 0.6 is 11.8 Å². The summed E-state index contributed by atoms with van der Waals surface area (Å²) in [5.74, 6) is -0.567. The first-order valence-electron chi connectivity index (χ1n) is 8.24. The Hall–Kier alpha value is -2.80. The number of esters is 1. The van der Waals surface area contributed by atoms with Crippen LogP contribution in [0.15, 0.2) is 47.4 Å². The minimum Gasteiger partial charge on any atom is -0.452 e. The van der Waals surface area contributed by atoms with Crippen molar-refractivity contribution in [1.82, 2.24) is 0 Å². The van der Waals surface area contributed by atoms with E-state index in [1.165, 1.54) is 11.8 Å². The van der Waals surface area contributed by atoms with E-state index in [9.17, 15) is 14.4 Å². The number of hydrogen-bond acceptors (Lipinski definition) is 5. The molecule has 132 valence electrons. The van der Waals surface area contributed by atoms with Crippen LogP contribution in [0, 0.1) is 0 Å². The number of anilines is 2. The van der Waals surface area contributed by atoms with Gasteiger partial charge in [-0.05, 0) is 36.2 Å². The SMILES string of the molecule is O=C1CSc2ccc(C(=O)OCC(=O)N3CCc4ccccc43)cc2N1. The Balaban J connectivity index is 1.41. The average Bonchev–Trinajstić information content (AvgIpc) is 3.09. The Bertz CT molecular complexity index is 912. The fourth-order valence-electron chi connectivity index (χ4n) is 3.10. The minimum absolute atomic E-state index is 0.101. The summed E-state index contributed by atoms with van der Waals surface area (Å²) >= 11 is 1.42. The maximum atomic E-state index is 12.4. The Kier molecular flexibility index (Phi) is 4.38. The molecule has 0 atom stereocenters. The lowest BCUT2D eigenvalue weighted by molar-refractivity contribution is -0.121. The van der Waals surface area contributed by atoms with E-state index in [2.05, 4.69) is 5.32 Å². The van der Waals surface area contributed by atoms with Gasteiger partial charge in [-0.3, -0.25) is 9.59 Å². The average molecular weight is 368 g/mol. The van der Waals surface area contributed by atoms with Gasteiger partial charge >= 0.3 is 5.97 Å². The van der Waals surface area contributed by atoms with Crippen LogP contribution in [0.2, 0.25) is 0 Å². The lowest BCUT2D eigenvalue weighted by Gasteiger charge is -2.18. The molecule has 2 heterocycles. The number of nitrogens with zero attached hydrogens (tertiary/aromatic N) is 1. The highest BCUT2D eigenvalue weighted by molar-refractivity contribution is 8.00. The highest BCUT2D eigenvalue weighted by Crippen LogP contribution is 2.32. The smallest absolute Gasteiger partial charge is 0.338 e. The van der Waals surface area contributed by atoms with E-state index in [1.807, 2.05) is 24.3 Å². The molecule has 6 nitrogen and oxygen atoms in total. The van der Waals surface area contributed by atoms with Gasteiger partial charge < -0.3 is 15.0 Å². The van der Waals surface area contributed by atoms with Gasteiger partial charge in [-0.1, -0.05) is 18.2 Å². The number of nitrogens with one attached hydrogen (secondary N) is 1. The van der Waals surface area contributed by atoms with Gasteiger partial charge in [-0.2, -0.15) is 0 Å². The van der Waals surface area contributed by atoms with Crippen LogP contribution in [-0.2, 0) is 20.7 Å². The molecule has 0 radical (unpaired) electrons. The van der Waals surface area contributed by atoms with Crippen molar-refractivity contribution >= 4 is 40.9 Å². The number of carbonyl (C=O) groups excluding carboxylic acids is 3. The van der Waals surface area contributed by atoms with Crippen molar-refractivity contribution in [2.75, 3.05) is 29.1 Å². The molecule has 4 rings (SSSR count). The molecule has 7 heteroatoms. The number of fused-ring (bicyclic) bond motifs is 2. The molecule has 0 unspecified atom stereocenters. The standard InChI is InChI=1S/C19H16N2O4S/c22-17-11-26-16-6-5-13(9-14(16)20-17)19(24)25-10-18(23)21-8-7-12-3-1-2-4-15(12)21/h1-6,9H,7-8,10-11H2,(H,20,22). The van der Waals surface area contributed by atoms with Crippen molar-refractivity contribution in [2.24, 2.45) is 0 Å². The largest absolute Gasteiger partial charge is 0.452 e. The van der Waals surface area contributed by atoms with Gasteiger partial charge in [0.15, 0.2) is 6.61 Å². The Labute approximate surface area is 154 Å². The van der Waals surface area contributed by atoms with Gasteiger partial charge in [0.25, 0.3) is 5.91 Å². The number of benzene rings is 2. The van der Waals surface area contributed by atoms with Gasteiger partial charge in [-0.25, -0.2) is 4.79 Å². The van der Waals surface area contributed by atoms with Crippen molar-refractivity contribution in [1.29, 1.82) is 0 Å². The van der Waals surface area contributed by atoms with Crippen molar-refractivity contribution in [2.45, 2.75) is 11.3 Å². The van der Waals surface area contributed by atoms with Gasteiger partial charge in [0.05, 0.1) is 17.0 Å². The van der Waals surface area contributed by atoms with E-state index in [-0.39, 0.29) is 18.4 Å². The normalized spacial score (nSPS) is 15.1. The Morgan fingerprint density at radius 2 is 2.04 bits per heavy atom. The molecule has 2 amide bonds. The number of thioether (sulfide) groups is 1. The fourth-order valence-corrected chi connectivity index (χ4v) is 3.88. The number of para-hydroxylation sites is 1. The zero-order chi connectivity index (χ0) is 18.1. The second kappa shape index (κ2) is 6.84. The van der Waals surface area contributed by atoms with Gasteiger partial charge in [0.1, 0.15) is 0 Å². The molecule has 0 spiro atoms. The highest BCUT2D eigenvalue weighted by Gasteiger charge is 2.25. The van der Waals surface area contributed by atoms with Crippen LogP contribution in [0.3, 0.4) is 0 Å². The minimum atomic E-state index is -0.585. The molecule has 1 N–H and O–H groups in total. The second-order valence-electron chi connectivity index (χ2n) is 6.05. The van der Waals surface area contributed by atoms with Crippen LogP contribution in [0.4, 0.5) is 11.4 Å². The number of amides is 2. The van der Waals surface area contributed by atoms with E-state index in [1.54, 1.807) is 23.1 Å². The van der Waals surface area contributed by atoms with Crippen molar-refractivity contribution < 1.29 is 19.1 Å². The molecule has 2 aromatic rings. The lowest BCUT2D eigenvalue weighted by atomic mass is 10.2. The van der Waals surface area contributed by atoms with Gasteiger partial charge in [0.2, 0.25) is 5.91 Å². The number of ether oxygens (including phenoxy) is 1. The molecule has 2 aromatic carbocycles. The van der Waals surface area contributed by atoms with Crippen molar-refractivity contribution in [3.63, 3.8) is 0 Å². The molecule has 26 heavy (non-hydrogen) atoms. The summed E-state index contributed by atoms with van der Waals surface area (Å²) < 4.78 is 5.19. The Morgan fingerprint density at radius 1 is 1.19 bits per heavy atom. The molecule has 0 saturated carbocycles. The molecule has 2 aliphatic heterocycles. The highest BCUT2D eigenvalue weighted by atomic mass is 32.2. The maximum absolute atomic E-state index is 12.4. The van der Waals surface area contributed by atoms with E-state index in [4.69, 9.17) is 4.74 Å². The monoisotopic (exact) mass is 368 g/mol. The first kappa shape index (κ1) is 16.7. The third-order valence-corrected chi connectivity index (χ3v) is 5.44. The summed E-state index contributed by atoms with van der Waals surface area (Å²) in [4.78, 5) is 38.7. The summed E-state index contributed by atoms with van der Waals surface area (Å²) in [6.07, 6.45) is 0.804. The predicted molar refractivity (Wildman–Crippen MR) is 98.6 cm³/mol. The number of hydrogen-bond donors (Lipinski definition) is 1. The quantitative estimate of drug-likeness (QED) is 0.843. The maximum Gasteiger partial charge on any atom is 0.338 e. The topological polar surface area (TPSA) is 75.7 Å². The van der Waals surface area contributed by atoms with Gasteiger partial charge in [0, 0.05) is 17.1 Å². The third kappa shape index (κ3) is 3.17. The second-order valence-corrected chi connectivity index (χ2v) is 7.07. The molecule has 0 bridgehead atoms. The van der Waals surface area contributed by atoms with Crippen LogP contribution in [-0.4, -0.2) is 36.7 Å². The van der Waals surface area contributed by atoms with Crippen LogP contribution < -0.4 is 10.2 Å². The summed E-state index contributed by atoms with van der Waals surface area (Å²) in [6, 6.07) is 12.7. The van der Waals surface area contributed by atoms with E-state index in [0.29, 0.717) is 23.5 Å². The first-order chi connectivity index (χ1) is 12.6. The zero-order valence-corrected chi connectivity index (χ0v) is 14.7. The molecular formula is C19H16N2O4S. The van der Waals surface area contributed by atoms with Crippen molar-refractivity contribution in [3.05, 3.63) is 53.6 Å². The van der Waals surface area contributed by atoms with E-state index < -0.39 is 5.97 Å². The molecule has 2 aliphatic rings. The lowest BCUT2D eigenvalue weighted by Crippen LogP contribution is -2.33. The third-order valence-electron chi connectivity index (χ3n) is 4.36. The molecule has 0 fully saturated rings. The first-order valence-corrected chi connectivity index (χ1v) is 9.22. The molecule has 0 saturated heterocycles. The molecule has 0 aliphatic carbocycles. The number of rotatable bonds is 3. The van der Waals surface area contributed by atoms with Crippen molar-refractivity contribution in [3.8, 4) is 0 Å². The van der Waals surface area contributed by atoms with Crippen LogP contribution in [0.25, 0.3) is 0 Å². The molecule has 0 aromatic heterocycles. The van der Waals surface area contributed by atoms with Crippen LogP contribution in [0.5, 0.6) is 0 Å². The van der Waals surface area contributed by atoms with E-state index >= 15 is 0 Å². The number of carbonyl (C=O) groups is 3. The Morgan fingerprint density at radius 3 is 2.92 bits per heavy atom. The van der Waals surface area contributed by atoms with Crippen LogP contribution in [0.1, 0.15) is 15.9 Å². The zero-order valence-electron chi connectivity index (χ0n) is 13.9. The summed E-state index contributed by atoms with van der Waals surface area (Å²) in [5, 5.41) is 2.73. The fraction of sp³-hybridized carbons (Fsp3) is 0.211. The van der Waals surface area contributed by atoms with Gasteiger partial charge in [-0.15, -0.1) is 11.8 Å². The summed E-state index contributed by atoms with van der Waals surface area (Å²) in [5.41, 5.74) is 2.90. The molecular weight excluding hydrogens is 352 g/mol. The predicted octanol–water partition coefficient (Wildman–Crippen LogP) is 2.48.